The highest BCUT2D eigenvalue weighted by Gasteiger charge is 2.17. The molecule has 7 heteroatoms. The van der Waals surface area contributed by atoms with E-state index in [4.69, 9.17) is 5.11 Å². The zero-order chi connectivity index (χ0) is 20.9. The molecule has 0 saturated carbocycles. The van der Waals surface area contributed by atoms with Gasteiger partial charge in [0.05, 0.1) is 11.3 Å². The zero-order valence-electron chi connectivity index (χ0n) is 16.3. The molecule has 2 aromatic rings. The molecule has 0 aliphatic heterocycles. The Morgan fingerprint density at radius 1 is 0.759 bits per heavy atom. The molecule has 0 bridgehead atoms. The van der Waals surface area contributed by atoms with E-state index in [1.807, 2.05) is 30.3 Å². The van der Waals surface area contributed by atoms with Crippen molar-refractivity contribution in [3.63, 3.8) is 0 Å². The highest BCUT2D eigenvalue weighted by molar-refractivity contribution is 6.40. The molecule has 4 N–H and O–H groups in total. The standard InChI is InChI=1S/C22H27N3O4/c26-16-8-2-7-14-23-21(28)22(29)25-19-12-6-5-11-18(19)20(27)24-15-13-17-9-3-1-4-10-17/h1,3-6,9-12,26H,2,7-8,13-16H2,(H,23,28)(H,24,27)(H,25,29). The summed E-state index contributed by atoms with van der Waals surface area (Å²) in [5.74, 6) is -1.90. The summed E-state index contributed by atoms with van der Waals surface area (Å²) in [5.41, 5.74) is 1.69. The van der Waals surface area contributed by atoms with E-state index in [1.54, 1.807) is 24.3 Å². The van der Waals surface area contributed by atoms with Crippen molar-refractivity contribution in [3.05, 3.63) is 65.7 Å². The summed E-state index contributed by atoms with van der Waals surface area (Å²) in [4.78, 5) is 36.5. The number of rotatable bonds is 10. The van der Waals surface area contributed by atoms with Crippen LogP contribution in [0.4, 0.5) is 5.69 Å². The Balaban J connectivity index is 1.86. The predicted octanol–water partition coefficient (Wildman–Crippen LogP) is 1.88. The quantitative estimate of drug-likeness (QED) is 0.363. The van der Waals surface area contributed by atoms with E-state index in [1.165, 1.54) is 0 Å². The van der Waals surface area contributed by atoms with Crippen LogP contribution in [0.5, 0.6) is 0 Å². The third-order valence-corrected chi connectivity index (χ3v) is 4.29. The molecule has 154 valence electrons. The molecule has 0 saturated heterocycles. The lowest BCUT2D eigenvalue weighted by Crippen LogP contribution is -2.36. The van der Waals surface area contributed by atoms with Gasteiger partial charge in [-0.1, -0.05) is 42.5 Å². The van der Waals surface area contributed by atoms with Crippen LogP contribution >= 0.6 is 0 Å². The molecular weight excluding hydrogens is 370 g/mol. The van der Waals surface area contributed by atoms with Gasteiger partial charge in [-0.2, -0.15) is 0 Å². The minimum absolute atomic E-state index is 0.110. The number of benzene rings is 2. The van der Waals surface area contributed by atoms with Crippen molar-refractivity contribution in [2.24, 2.45) is 0 Å². The van der Waals surface area contributed by atoms with Crippen LogP contribution in [0.1, 0.15) is 35.2 Å². The number of amides is 3. The minimum Gasteiger partial charge on any atom is -0.396 e. The number of anilines is 1. The van der Waals surface area contributed by atoms with Gasteiger partial charge in [0, 0.05) is 19.7 Å². The molecule has 0 spiro atoms. The molecule has 7 nitrogen and oxygen atoms in total. The predicted molar refractivity (Wildman–Crippen MR) is 111 cm³/mol. The van der Waals surface area contributed by atoms with Gasteiger partial charge in [0.25, 0.3) is 5.91 Å². The second-order valence-electron chi connectivity index (χ2n) is 6.53. The number of nitrogens with one attached hydrogen (secondary N) is 3. The lowest BCUT2D eigenvalue weighted by molar-refractivity contribution is -0.136. The smallest absolute Gasteiger partial charge is 0.313 e. The van der Waals surface area contributed by atoms with Crippen molar-refractivity contribution >= 4 is 23.4 Å². The molecule has 0 radical (unpaired) electrons. The molecule has 2 aromatic carbocycles. The van der Waals surface area contributed by atoms with Gasteiger partial charge in [-0.15, -0.1) is 0 Å². The fraction of sp³-hybridized carbons (Fsp3) is 0.318. The van der Waals surface area contributed by atoms with Gasteiger partial charge < -0.3 is 21.1 Å². The van der Waals surface area contributed by atoms with E-state index < -0.39 is 11.8 Å². The van der Waals surface area contributed by atoms with Crippen LogP contribution in [-0.4, -0.2) is 42.5 Å². The average Bonchev–Trinajstić information content (AvgIpc) is 2.74. The van der Waals surface area contributed by atoms with Gasteiger partial charge in [-0.3, -0.25) is 14.4 Å². The molecule has 3 amide bonds. The first kappa shape index (κ1) is 22.1. The van der Waals surface area contributed by atoms with E-state index in [0.29, 0.717) is 37.9 Å². The molecule has 0 aliphatic rings. The normalized spacial score (nSPS) is 10.2. The number of para-hydroxylation sites is 1. The monoisotopic (exact) mass is 397 g/mol. The van der Waals surface area contributed by atoms with Crippen molar-refractivity contribution in [1.29, 1.82) is 0 Å². The number of aliphatic hydroxyl groups excluding tert-OH is 1. The second-order valence-corrected chi connectivity index (χ2v) is 6.53. The summed E-state index contributed by atoms with van der Waals surface area (Å²) in [7, 11) is 0. The van der Waals surface area contributed by atoms with Gasteiger partial charge in [-0.05, 0) is 43.4 Å². The number of aliphatic hydroxyl groups is 1. The second kappa shape index (κ2) is 12.3. The summed E-state index contributed by atoms with van der Waals surface area (Å²) >= 11 is 0. The Kier molecular flexibility index (Phi) is 9.38. The number of hydrogen-bond acceptors (Lipinski definition) is 4. The van der Waals surface area contributed by atoms with Crippen molar-refractivity contribution in [3.8, 4) is 0 Å². The number of hydrogen-bond donors (Lipinski definition) is 4. The largest absolute Gasteiger partial charge is 0.396 e. The van der Waals surface area contributed by atoms with Crippen molar-refractivity contribution < 1.29 is 19.5 Å². The van der Waals surface area contributed by atoms with Gasteiger partial charge in [-0.25, -0.2) is 0 Å². The van der Waals surface area contributed by atoms with Crippen molar-refractivity contribution in [2.45, 2.75) is 25.7 Å². The molecule has 29 heavy (non-hydrogen) atoms. The zero-order valence-corrected chi connectivity index (χ0v) is 16.3. The van der Waals surface area contributed by atoms with E-state index in [0.717, 1.165) is 12.0 Å². The number of carbonyl (C=O) groups is 3. The Bertz CT molecular complexity index is 809. The summed E-state index contributed by atoms with van der Waals surface area (Å²) < 4.78 is 0. The first-order valence-corrected chi connectivity index (χ1v) is 9.73. The average molecular weight is 397 g/mol. The SMILES string of the molecule is O=C(NCCCCCO)C(=O)Nc1ccccc1C(=O)NCCc1ccccc1. The van der Waals surface area contributed by atoms with Crippen LogP contribution in [0.25, 0.3) is 0 Å². The fourth-order valence-corrected chi connectivity index (χ4v) is 2.73. The number of unbranched alkanes of at least 4 members (excludes halogenated alkanes) is 2. The molecule has 0 atom stereocenters. The van der Waals surface area contributed by atoms with E-state index >= 15 is 0 Å². The van der Waals surface area contributed by atoms with Crippen LogP contribution < -0.4 is 16.0 Å². The molecule has 0 aliphatic carbocycles. The first-order valence-electron chi connectivity index (χ1n) is 9.73. The van der Waals surface area contributed by atoms with E-state index in [-0.39, 0.29) is 18.2 Å². The van der Waals surface area contributed by atoms with Crippen LogP contribution in [0.15, 0.2) is 54.6 Å². The van der Waals surface area contributed by atoms with Crippen molar-refractivity contribution in [1.82, 2.24) is 10.6 Å². The van der Waals surface area contributed by atoms with E-state index in [9.17, 15) is 14.4 Å². The van der Waals surface area contributed by atoms with Crippen LogP contribution in [0, 0.1) is 0 Å². The summed E-state index contributed by atoms with van der Waals surface area (Å²) in [6.07, 6.45) is 2.80. The summed E-state index contributed by atoms with van der Waals surface area (Å²) in [6, 6.07) is 16.4. The third-order valence-electron chi connectivity index (χ3n) is 4.29. The van der Waals surface area contributed by atoms with Gasteiger partial charge in [0.2, 0.25) is 0 Å². The maximum absolute atomic E-state index is 12.5. The maximum Gasteiger partial charge on any atom is 0.313 e. The molecular formula is C22H27N3O4. The lowest BCUT2D eigenvalue weighted by atomic mass is 10.1. The molecule has 0 fully saturated rings. The Morgan fingerprint density at radius 2 is 1.48 bits per heavy atom. The van der Waals surface area contributed by atoms with Gasteiger partial charge >= 0.3 is 11.8 Å². The Labute approximate surface area is 170 Å². The van der Waals surface area contributed by atoms with Crippen LogP contribution in [-0.2, 0) is 16.0 Å². The Morgan fingerprint density at radius 3 is 2.24 bits per heavy atom. The molecule has 0 unspecified atom stereocenters. The molecule has 0 heterocycles. The first-order chi connectivity index (χ1) is 14.1. The topological polar surface area (TPSA) is 108 Å². The van der Waals surface area contributed by atoms with Crippen LogP contribution in [0.2, 0.25) is 0 Å². The highest BCUT2D eigenvalue weighted by atomic mass is 16.3. The third kappa shape index (κ3) is 7.75. The van der Waals surface area contributed by atoms with Gasteiger partial charge in [0.1, 0.15) is 0 Å². The Hall–Kier alpha value is -3.19. The lowest BCUT2D eigenvalue weighted by Gasteiger charge is -2.11. The molecule has 0 aromatic heterocycles. The fourth-order valence-electron chi connectivity index (χ4n) is 2.73. The summed E-state index contributed by atoms with van der Waals surface area (Å²) in [5, 5.41) is 16.6. The van der Waals surface area contributed by atoms with Gasteiger partial charge in [0.15, 0.2) is 0 Å². The van der Waals surface area contributed by atoms with Crippen molar-refractivity contribution in [2.75, 3.05) is 25.0 Å². The minimum atomic E-state index is -0.823. The maximum atomic E-state index is 12.5. The highest BCUT2D eigenvalue weighted by Crippen LogP contribution is 2.15. The molecule has 2 rings (SSSR count). The summed E-state index contributed by atoms with van der Waals surface area (Å²) in [6.45, 7) is 0.923. The van der Waals surface area contributed by atoms with E-state index in [2.05, 4.69) is 16.0 Å². The van der Waals surface area contributed by atoms with Crippen LogP contribution in [0.3, 0.4) is 0 Å². The number of carbonyl (C=O) groups excluding carboxylic acids is 3.